The van der Waals surface area contributed by atoms with Crippen LogP contribution in [0.3, 0.4) is 0 Å². The molecule has 1 saturated heterocycles. The van der Waals surface area contributed by atoms with Crippen molar-refractivity contribution in [3.05, 3.63) is 34.2 Å². The monoisotopic (exact) mass is 306 g/mol. The van der Waals surface area contributed by atoms with E-state index in [2.05, 4.69) is 4.98 Å². The number of pyridine rings is 1. The number of ether oxygens (including phenoxy) is 1. The van der Waals surface area contributed by atoms with Gasteiger partial charge in [0.15, 0.2) is 0 Å². The van der Waals surface area contributed by atoms with Crippen molar-refractivity contribution in [2.45, 2.75) is 52.1 Å². The van der Waals surface area contributed by atoms with E-state index < -0.39 is 5.60 Å². The van der Waals surface area contributed by atoms with Crippen molar-refractivity contribution in [3.8, 4) is 0 Å². The summed E-state index contributed by atoms with van der Waals surface area (Å²) in [7, 11) is 0. The fourth-order valence-electron chi connectivity index (χ4n) is 2.74. The van der Waals surface area contributed by atoms with Crippen molar-refractivity contribution in [3.63, 3.8) is 0 Å². The number of H-pyrrole nitrogens is 1. The number of likely N-dealkylation sites (tertiary alicyclic amines) is 1. The SMILES string of the molecule is CC(C)(C)OC(=O)N1CCC(CCc2ccc[nH]c2=O)CC1. The Balaban J connectivity index is 1.77. The number of nitrogens with zero attached hydrogens (tertiary/aromatic N) is 1. The predicted molar refractivity (Wildman–Crippen MR) is 85.9 cm³/mol. The molecule has 2 heterocycles. The first-order valence-corrected chi connectivity index (χ1v) is 7.99. The number of carbonyl (C=O) groups is 1. The number of carbonyl (C=O) groups excluding carboxylic acids is 1. The first kappa shape index (κ1) is 16.6. The number of amides is 1. The van der Waals surface area contributed by atoms with E-state index in [9.17, 15) is 9.59 Å². The number of nitrogens with one attached hydrogen (secondary N) is 1. The van der Waals surface area contributed by atoms with E-state index >= 15 is 0 Å². The Morgan fingerprint density at radius 3 is 2.64 bits per heavy atom. The molecule has 5 nitrogen and oxygen atoms in total. The summed E-state index contributed by atoms with van der Waals surface area (Å²) >= 11 is 0. The fraction of sp³-hybridized carbons (Fsp3) is 0.647. The number of hydrogen-bond acceptors (Lipinski definition) is 3. The zero-order valence-electron chi connectivity index (χ0n) is 13.7. The number of aromatic amines is 1. The van der Waals surface area contributed by atoms with Crippen LogP contribution in [0.2, 0.25) is 0 Å². The Bertz CT molecular complexity index is 552. The summed E-state index contributed by atoms with van der Waals surface area (Å²) in [5.41, 5.74) is 0.410. The van der Waals surface area contributed by atoms with Crippen LogP contribution >= 0.6 is 0 Å². The minimum atomic E-state index is -0.442. The molecular weight excluding hydrogens is 280 g/mol. The van der Waals surface area contributed by atoms with Crippen LogP contribution in [0.15, 0.2) is 23.1 Å². The van der Waals surface area contributed by atoms with E-state index in [1.807, 2.05) is 32.9 Å². The first-order chi connectivity index (χ1) is 10.3. The highest BCUT2D eigenvalue weighted by Gasteiger charge is 2.26. The van der Waals surface area contributed by atoms with Crippen LogP contribution in [0.1, 0.15) is 45.6 Å². The Labute approximate surface area is 131 Å². The minimum absolute atomic E-state index is 0.00805. The van der Waals surface area contributed by atoms with E-state index in [1.165, 1.54) is 0 Å². The highest BCUT2D eigenvalue weighted by atomic mass is 16.6. The second-order valence-corrected chi connectivity index (χ2v) is 6.97. The lowest BCUT2D eigenvalue weighted by Crippen LogP contribution is -2.41. The summed E-state index contributed by atoms with van der Waals surface area (Å²) in [6.45, 7) is 7.13. The number of aromatic nitrogens is 1. The van der Waals surface area contributed by atoms with Gasteiger partial charge in [-0.25, -0.2) is 4.79 Å². The molecule has 1 aromatic rings. The van der Waals surface area contributed by atoms with Crippen LogP contribution in [0.25, 0.3) is 0 Å². The van der Waals surface area contributed by atoms with Crippen LogP contribution in [-0.4, -0.2) is 34.7 Å². The molecule has 22 heavy (non-hydrogen) atoms. The van der Waals surface area contributed by atoms with Gasteiger partial charge in [0.1, 0.15) is 5.60 Å². The van der Waals surface area contributed by atoms with E-state index in [0.29, 0.717) is 5.92 Å². The summed E-state index contributed by atoms with van der Waals surface area (Å²) in [5.74, 6) is 0.568. The van der Waals surface area contributed by atoms with Crippen molar-refractivity contribution in [2.75, 3.05) is 13.1 Å². The topological polar surface area (TPSA) is 62.4 Å². The summed E-state index contributed by atoms with van der Waals surface area (Å²) in [4.78, 5) is 28.1. The van der Waals surface area contributed by atoms with E-state index in [1.54, 1.807) is 11.1 Å². The zero-order valence-corrected chi connectivity index (χ0v) is 13.7. The molecule has 5 heteroatoms. The van der Waals surface area contributed by atoms with Gasteiger partial charge in [0.25, 0.3) is 5.56 Å². The fourth-order valence-corrected chi connectivity index (χ4v) is 2.74. The molecule has 1 amide bonds. The van der Waals surface area contributed by atoms with Gasteiger partial charge in [-0.2, -0.15) is 0 Å². The highest BCUT2D eigenvalue weighted by molar-refractivity contribution is 5.68. The van der Waals surface area contributed by atoms with Gasteiger partial charge in [-0.15, -0.1) is 0 Å². The third kappa shape index (κ3) is 4.90. The molecule has 0 spiro atoms. The van der Waals surface area contributed by atoms with E-state index in [0.717, 1.165) is 44.3 Å². The Hall–Kier alpha value is -1.78. The van der Waals surface area contributed by atoms with Gasteiger partial charge in [-0.05, 0) is 58.4 Å². The molecule has 1 aromatic heterocycles. The van der Waals surface area contributed by atoms with Crippen molar-refractivity contribution in [1.29, 1.82) is 0 Å². The Morgan fingerprint density at radius 2 is 2.05 bits per heavy atom. The molecule has 0 radical (unpaired) electrons. The number of rotatable bonds is 3. The lowest BCUT2D eigenvalue weighted by molar-refractivity contribution is 0.0181. The normalized spacial score (nSPS) is 16.6. The van der Waals surface area contributed by atoms with Gasteiger partial charge in [-0.1, -0.05) is 6.07 Å². The molecule has 0 bridgehead atoms. The van der Waals surface area contributed by atoms with Gasteiger partial charge in [0.05, 0.1) is 0 Å². The van der Waals surface area contributed by atoms with Crippen molar-refractivity contribution >= 4 is 6.09 Å². The second-order valence-electron chi connectivity index (χ2n) is 6.97. The second kappa shape index (κ2) is 6.99. The third-order valence-electron chi connectivity index (χ3n) is 3.99. The van der Waals surface area contributed by atoms with Crippen LogP contribution in [0, 0.1) is 5.92 Å². The largest absolute Gasteiger partial charge is 0.444 e. The van der Waals surface area contributed by atoms with Crippen LogP contribution in [-0.2, 0) is 11.2 Å². The number of piperidine rings is 1. The quantitative estimate of drug-likeness (QED) is 0.934. The maximum Gasteiger partial charge on any atom is 0.410 e. The van der Waals surface area contributed by atoms with Crippen molar-refractivity contribution in [2.24, 2.45) is 5.92 Å². The zero-order chi connectivity index (χ0) is 16.2. The average molecular weight is 306 g/mol. The van der Waals surface area contributed by atoms with Crippen LogP contribution in [0.5, 0.6) is 0 Å². The first-order valence-electron chi connectivity index (χ1n) is 7.99. The average Bonchev–Trinajstić information content (AvgIpc) is 2.45. The molecule has 0 saturated carbocycles. The highest BCUT2D eigenvalue weighted by Crippen LogP contribution is 2.23. The molecule has 0 aromatic carbocycles. The predicted octanol–water partition coefficient (Wildman–Crippen LogP) is 2.95. The molecule has 1 N–H and O–H groups in total. The van der Waals surface area contributed by atoms with E-state index in [-0.39, 0.29) is 11.7 Å². The molecule has 0 atom stereocenters. The molecule has 122 valence electrons. The third-order valence-corrected chi connectivity index (χ3v) is 3.99. The number of hydrogen-bond donors (Lipinski definition) is 1. The molecule has 0 unspecified atom stereocenters. The summed E-state index contributed by atoms with van der Waals surface area (Å²) < 4.78 is 5.40. The van der Waals surface area contributed by atoms with E-state index in [4.69, 9.17) is 4.74 Å². The van der Waals surface area contributed by atoms with Gasteiger partial charge < -0.3 is 14.6 Å². The van der Waals surface area contributed by atoms with Gasteiger partial charge in [0, 0.05) is 24.8 Å². The molecule has 1 aliphatic rings. The summed E-state index contributed by atoms with van der Waals surface area (Å²) in [5, 5.41) is 0. The Kier molecular flexibility index (Phi) is 5.27. The molecule has 0 aliphatic carbocycles. The van der Waals surface area contributed by atoms with Crippen LogP contribution in [0.4, 0.5) is 4.79 Å². The smallest absolute Gasteiger partial charge is 0.410 e. The minimum Gasteiger partial charge on any atom is -0.444 e. The summed E-state index contributed by atoms with van der Waals surface area (Å²) in [6.07, 6.45) is 5.19. The van der Waals surface area contributed by atoms with Gasteiger partial charge in [0.2, 0.25) is 0 Å². The maximum atomic E-state index is 12.0. The lowest BCUT2D eigenvalue weighted by Gasteiger charge is -2.33. The molecule has 1 aliphatic heterocycles. The van der Waals surface area contributed by atoms with Gasteiger partial charge >= 0.3 is 6.09 Å². The molecule has 2 rings (SSSR count). The van der Waals surface area contributed by atoms with Crippen molar-refractivity contribution < 1.29 is 9.53 Å². The molecular formula is C17H26N2O3. The maximum absolute atomic E-state index is 12.0. The summed E-state index contributed by atoms with van der Waals surface area (Å²) in [6, 6.07) is 3.75. The lowest BCUT2D eigenvalue weighted by atomic mass is 9.91. The molecule has 1 fully saturated rings. The van der Waals surface area contributed by atoms with Crippen molar-refractivity contribution in [1.82, 2.24) is 9.88 Å². The van der Waals surface area contributed by atoms with Gasteiger partial charge in [-0.3, -0.25) is 4.79 Å². The standard InChI is InChI=1S/C17H26N2O3/c1-17(2,3)22-16(21)19-11-8-13(9-12-19)6-7-14-5-4-10-18-15(14)20/h4-5,10,13H,6-9,11-12H2,1-3H3,(H,18,20). The van der Waals surface area contributed by atoms with Crippen LogP contribution < -0.4 is 5.56 Å². The Morgan fingerprint density at radius 1 is 1.36 bits per heavy atom. The number of aryl methyl sites for hydroxylation is 1.